The average molecular weight is 349 g/mol. The lowest BCUT2D eigenvalue weighted by Gasteiger charge is -2.19. The van der Waals surface area contributed by atoms with Crippen molar-refractivity contribution in [2.24, 2.45) is 0 Å². The number of para-hydroxylation sites is 1. The molecule has 2 aromatic rings. The summed E-state index contributed by atoms with van der Waals surface area (Å²) < 4.78 is 10.7. The van der Waals surface area contributed by atoms with Gasteiger partial charge in [-0.15, -0.1) is 11.3 Å². The molecule has 1 N–H and O–H groups in total. The molecular formula is C17H23N3O3S. The SMILES string of the molecule is COc1cccc(CN(C)CC(=O)Nc2nc(C)c(C)s2)c1OC. The van der Waals surface area contributed by atoms with E-state index in [1.807, 2.05) is 44.0 Å². The van der Waals surface area contributed by atoms with Crippen LogP contribution in [0.4, 0.5) is 5.13 Å². The van der Waals surface area contributed by atoms with Gasteiger partial charge in [-0.05, 0) is 27.0 Å². The van der Waals surface area contributed by atoms with Crippen LogP contribution in [0.15, 0.2) is 18.2 Å². The number of ether oxygens (including phenoxy) is 2. The van der Waals surface area contributed by atoms with Crippen LogP contribution in [0.2, 0.25) is 0 Å². The summed E-state index contributed by atoms with van der Waals surface area (Å²) in [7, 11) is 5.11. The van der Waals surface area contributed by atoms with Crippen molar-refractivity contribution < 1.29 is 14.3 Å². The van der Waals surface area contributed by atoms with Crippen molar-refractivity contribution in [1.29, 1.82) is 0 Å². The van der Waals surface area contributed by atoms with E-state index in [1.54, 1.807) is 14.2 Å². The third-order valence-corrected chi connectivity index (χ3v) is 4.60. The first-order valence-electron chi connectivity index (χ1n) is 7.57. The number of aryl methyl sites for hydroxylation is 2. The molecule has 24 heavy (non-hydrogen) atoms. The first-order chi connectivity index (χ1) is 11.4. The summed E-state index contributed by atoms with van der Waals surface area (Å²) in [5.74, 6) is 1.29. The van der Waals surface area contributed by atoms with E-state index in [2.05, 4.69) is 10.3 Å². The van der Waals surface area contributed by atoms with Crippen LogP contribution in [0.25, 0.3) is 0 Å². The van der Waals surface area contributed by atoms with Gasteiger partial charge >= 0.3 is 0 Å². The quantitative estimate of drug-likeness (QED) is 0.833. The largest absolute Gasteiger partial charge is 0.493 e. The predicted molar refractivity (Wildman–Crippen MR) is 96.1 cm³/mol. The summed E-state index contributed by atoms with van der Waals surface area (Å²) in [6.45, 7) is 4.76. The number of amides is 1. The number of benzene rings is 1. The molecule has 130 valence electrons. The molecule has 7 heteroatoms. The molecule has 0 unspecified atom stereocenters. The van der Waals surface area contributed by atoms with Gasteiger partial charge in [0.2, 0.25) is 5.91 Å². The maximum absolute atomic E-state index is 12.2. The van der Waals surface area contributed by atoms with E-state index < -0.39 is 0 Å². The van der Waals surface area contributed by atoms with Gasteiger partial charge in [-0.3, -0.25) is 9.69 Å². The highest BCUT2D eigenvalue weighted by atomic mass is 32.1. The Bertz CT molecular complexity index is 696. The van der Waals surface area contributed by atoms with Gasteiger partial charge < -0.3 is 14.8 Å². The number of thiazole rings is 1. The Hall–Kier alpha value is -2.12. The van der Waals surface area contributed by atoms with E-state index in [9.17, 15) is 4.79 Å². The zero-order valence-corrected chi connectivity index (χ0v) is 15.5. The van der Waals surface area contributed by atoms with Gasteiger partial charge in [0.1, 0.15) is 0 Å². The number of carbonyl (C=O) groups is 1. The number of carbonyl (C=O) groups excluding carboxylic acids is 1. The van der Waals surface area contributed by atoms with Crippen LogP contribution in [-0.2, 0) is 11.3 Å². The topological polar surface area (TPSA) is 63.7 Å². The third kappa shape index (κ3) is 4.46. The van der Waals surface area contributed by atoms with Crippen LogP contribution >= 0.6 is 11.3 Å². The van der Waals surface area contributed by atoms with E-state index >= 15 is 0 Å². The number of aromatic nitrogens is 1. The second kappa shape index (κ2) is 8.12. The fourth-order valence-electron chi connectivity index (χ4n) is 2.36. The maximum atomic E-state index is 12.2. The molecule has 0 saturated heterocycles. The normalized spacial score (nSPS) is 10.8. The van der Waals surface area contributed by atoms with Crippen molar-refractivity contribution in [1.82, 2.24) is 9.88 Å². The van der Waals surface area contributed by atoms with Crippen molar-refractivity contribution in [2.75, 3.05) is 33.1 Å². The van der Waals surface area contributed by atoms with Crippen LogP contribution in [0.1, 0.15) is 16.1 Å². The number of likely N-dealkylation sites (N-methyl/N-ethyl adjacent to an activating group) is 1. The van der Waals surface area contributed by atoms with E-state index in [0.29, 0.717) is 23.2 Å². The van der Waals surface area contributed by atoms with Crippen LogP contribution in [0.5, 0.6) is 11.5 Å². The minimum atomic E-state index is -0.0897. The lowest BCUT2D eigenvalue weighted by molar-refractivity contribution is -0.117. The fraction of sp³-hybridized carbons (Fsp3) is 0.412. The molecule has 1 aromatic carbocycles. The van der Waals surface area contributed by atoms with Gasteiger partial charge in [-0.2, -0.15) is 0 Å². The van der Waals surface area contributed by atoms with Gasteiger partial charge in [-0.1, -0.05) is 12.1 Å². The number of hydrogen-bond donors (Lipinski definition) is 1. The minimum Gasteiger partial charge on any atom is -0.493 e. The molecule has 6 nitrogen and oxygen atoms in total. The zero-order chi connectivity index (χ0) is 17.7. The summed E-state index contributed by atoms with van der Waals surface area (Å²) in [4.78, 5) is 19.5. The Morgan fingerprint density at radius 2 is 2.04 bits per heavy atom. The van der Waals surface area contributed by atoms with Gasteiger partial charge in [-0.25, -0.2) is 4.98 Å². The van der Waals surface area contributed by atoms with Gasteiger partial charge in [0, 0.05) is 17.0 Å². The Balaban J connectivity index is 1.97. The van der Waals surface area contributed by atoms with Crippen LogP contribution in [0, 0.1) is 13.8 Å². The predicted octanol–water partition coefficient (Wildman–Crippen LogP) is 2.85. The van der Waals surface area contributed by atoms with Gasteiger partial charge in [0.15, 0.2) is 16.6 Å². The van der Waals surface area contributed by atoms with Crippen molar-refractivity contribution in [3.05, 3.63) is 34.3 Å². The number of rotatable bonds is 7. The Morgan fingerprint density at radius 3 is 2.62 bits per heavy atom. The molecule has 0 fully saturated rings. The molecule has 1 heterocycles. The number of nitrogens with one attached hydrogen (secondary N) is 1. The molecule has 0 saturated carbocycles. The molecule has 0 aliphatic heterocycles. The molecule has 0 bridgehead atoms. The van der Waals surface area contributed by atoms with E-state index in [4.69, 9.17) is 9.47 Å². The average Bonchev–Trinajstić information content (AvgIpc) is 2.84. The molecule has 1 aromatic heterocycles. The summed E-state index contributed by atoms with van der Waals surface area (Å²) in [6, 6.07) is 5.72. The highest BCUT2D eigenvalue weighted by Crippen LogP contribution is 2.31. The highest BCUT2D eigenvalue weighted by molar-refractivity contribution is 7.15. The van der Waals surface area contributed by atoms with Crippen LogP contribution in [0.3, 0.4) is 0 Å². The Morgan fingerprint density at radius 1 is 1.29 bits per heavy atom. The second-order valence-electron chi connectivity index (χ2n) is 5.53. The van der Waals surface area contributed by atoms with E-state index in [0.717, 1.165) is 16.1 Å². The van der Waals surface area contributed by atoms with Crippen LogP contribution in [-0.4, -0.2) is 43.6 Å². The monoisotopic (exact) mass is 349 g/mol. The Labute approximate surface area is 146 Å². The number of hydrogen-bond acceptors (Lipinski definition) is 6. The second-order valence-corrected chi connectivity index (χ2v) is 6.74. The molecular weight excluding hydrogens is 326 g/mol. The third-order valence-electron chi connectivity index (χ3n) is 3.61. The molecule has 1 amide bonds. The van der Waals surface area contributed by atoms with Crippen molar-refractivity contribution >= 4 is 22.4 Å². The zero-order valence-electron chi connectivity index (χ0n) is 14.7. The Kier molecular flexibility index (Phi) is 6.16. The summed E-state index contributed by atoms with van der Waals surface area (Å²) in [5, 5.41) is 3.48. The first kappa shape index (κ1) is 18.2. The molecule has 0 spiro atoms. The molecule has 0 atom stereocenters. The number of nitrogens with zero attached hydrogens (tertiary/aromatic N) is 2. The smallest absolute Gasteiger partial charge is 0.240 e. The molecule has 0 radical (unpaired) electrons. The van der Waals surface area contributed by atoms with Crippen molar-refractivity contribution in [3.8, 4) is 11.5 Å². The lowest BCUT2D eigenvalue weighted by Crippen LogP contribution is -2.30. The standard InChI is InChI=1S/C17H23N3O3S/c1-11-12(2)24-17(18-11)19-15(21)10-20(3)9-13-7-6-8-14(22-4)16(13)23-5/h6-8H,9-10H2,1-5H3,(H,18,19,21). The summed E-state index contributed by atoms with van der Waals surface area (Å²) in [5.41, 5.74) is 1.91. The van der Waals surface area contributed by atoms with E-state index in [-0.39, 0.29) is 12.5 Å². The molecule has 0 aliphatic rings. The molecule has 2 rings (SSSR count). The van der Waals surface area contributed by atoms with Crippen molar-refractivity contribution in [2.45, 2.75) is 20.4 Å². The van der Waals surface area contributed by atoms with Gasteiger partial charge in [0.25, 0.3) is 0 Å². The van der Waals surface area contributed by atoms with Crippen molar-refractivity contribution in [3.63, 3.8) is 0 Å². The highest BCUT2D eigenvalue weighted by Gasteiger charge is 2.14. The van der Waals surface area contributed by atoms with Gasteiger partial charge in [0.05, 0.1) is 26.5 Å². The summed E-state index contributed by atoms with van der Waals surface area (Å²) >= 11 is 1.49. The fourth-order valence-corrected chi connectivity index (χ4v) is 3.19. The first-order valence-corrected chi connectivity index (χ1v) is 8.38. The number of methoxy groups -OCH3 is 2. The van der Waals surface area contributed by atoms with E-state index in [1.165, 1.54) is 11.3 Å². The van der Waals surface area contributed by atoms with Crippen LogP contribution < -0.4 is 14.8 Å². The minimum absolute atomic E-state index is 0.0897. The maximum Gasteiger partial charge on any atom is 0.240 e. The lowest BCUT2D eigenvalue weighted by atomic mass is 10.1. The number of anilines is 1. The molecule has 0 aliphatic carbocycles. The summed E-state index contributed by atoms with van der Waals surface area (Å²) in [6.07, 6.45) is 0.